The molecule has 7 nitrogen and oxygen atoms in total. The van der Waals surface area contributed by atoms with E-state index in [1.54, 1.807) is 24.9 Å². The zero-order valence-corrected chi connectivity index (χ0v) is 19.3. The van der Waals surface area contributed by atoms with Gasteiger partial charge in [-0.3, -0.25) is 9.78 Å². The highest BCUT2D eigenvalue weighted by Crippen LogP contribution is 2.31. The number of halogens is 1. The fourth-order valence-corrected chi connectivity index (χ4v) is 4.50. The number of hydrogen-bond acceptors (Lipinski definition) is 5. The number of fused-ring (bicyclic) bond motifs is 1. The summed E-state index contributed by atoms with van der Waals surface area (Å²) in [6, 6.07) is 7.91. The molecule has 4 heterocycles. The van der Waals surface area contributed by atoms with E-state index in [-0.39, 0.29) is 18.4 Å². The maximum absolute atomic E-state index is 12.4. The number of hydrogen-bond donors (Lipinski definition) is 0. The quantitative estimate of drug-likeness (QED) is 0.415. The molecule has 0 aliphatic carbocycles. The zero-order chi connectivity index (χ0) is 22.9. The molecule has 0 saturated carbocycles. The van der Waals surface area contributed by atoms with Crippen molar-refractivity contribution in [2.75, 3.05) is 6.54 Å². The number of nitrogens with zero attached hydrogens (tertiary/aromatic N) is 5. The number of carbonyl (C=O) groups excluding carboxylic acids is 1. The van der Waals surface area contributed by atoms with Crippen LogP contribution in [0.15, 0.2) is 55.4 Å². The Hall–Kier alpha value is -3.45. The van der Waals surface area contributed by atoms with Gasteiger partial charge in [0.1, 0.15) is 17.9 Å². The highest BCUT2D eigenvalue weighted by Gasteiger charge is 2.28. The summed E-state index contributed by atoms with van der Waals surface area (Å²) in [6.45, 7) is 5.41. The molecule has 4 aromatic rings. The van der Waals surface area contributed by atoms with Gasteiger partial charge >= 0.3 is 0 Å². The van der Waals surface area contributed by atoms with E-state index in [2.05, 4.69) is 9.97 Å². The second kappa shape index (κ2) is 8.83. The van der Waals surface area contributed by atoms with E-state index >= 15 is 0 Å². The number of ether oxygens (including phenoxy) is 1. The standard InChI is InChI=1S/C25H24ClN5O2/c1-16-6-8-30(25(16)32)13-18-11-28-12-21(26)20(18)14-33-23-5-3-4-19-22(31-9-7-27-15-31)10-17(2)29-24(19)23/h3-5,7,9-12,15-16H,6,8,13-14H2,1-2H3. The topological polar surface area (TPSA) is 73.1 Å². The van der Waals surface area contributed by atoms with Gasteiger partial charge in [0.2, 0.25) is 5.91 Å². The van der Waals surface area contributed by atoms with Gasteiger partial charge in [-0.1, -0.05) is 30.7 Å². The molecule has 0 spiro atoms. The third-order valence-electron chi connectivity index (χ3n) is 6.08. The molecular formula is C25H24ClN5O2. The van der Waals surface area contributed by atoms with Crippen LogP contribution in [0, 0.1) is 12.8 Å². The lowest BCUT2D eigenvalue weighted by Gasteiger charge is -2.19. The largest absolute Gasteiger partial charge is 0.487 e. The van der Waals surface area contributed by atoms with Gasteiger partial charge in [-0.25, -0.2) is 9.97 Å². The number of rotatable bonds is 6. The van der Waals surface area contributed by atoms with Crippen molar-refractivity contribution in [2.45, 2.75) is 33.4 Å². The molecule has 33 heavy (non-hydrogen) atoms. The van der Waals surface area contributed by atoms with Crippen LogP contribution in [0.3, 0.4) is 0 Å². The van der Waals surface area contributed by atoms with Crippen LogP contribution >= 0.6 is 11.6 Å². The lowest BCUT2D eigenvalue weighted by molar-refractivity contribution is -0.131. The summed E-state index contributed by atoms with van der Waals surface area (Å²) in [6.07, 6.45) is 9.68. The fraction of sp³-hybridized carbons (Fsp3) is 0.280. The van der Waals surface area contributed by atoms with Crippen LogP contribution in [0.5, 0.6) is 5.75 Å². The summed E-state index contributed by atoms with van der Waals surface area (Å²) >= 11 is 6.51. The minimum Gasteiger partial charge on any atom is -0.487 e. The van der Waals surface area contributed by atoms with Crippen LogP contribution in [-0.4, -0.2) is 36.9 Å². The number of imidazole rings is 1. The first-order chi connectivity index (χ1) is 16.0. The number of carbonyl (C=O) groups is 1. The van der Waals surface area contributed by atoms with E-state index in [1.807, 2.05) is 53.8 Å². The number of benzene rings is 1. The Labute approximate surface area is 197 Å². The predicted molar refractivity (Wildman–Crippen MR) is 126 cm³/mol. The van der Waals surface area contributed by atoms with Gasteiger partial charge in [-0.05, 0) is 31.0 Å². The lowest BCUT2D eigenvalue weighted by Crippen LogP contribution is -2.27. The van der Waals surface area contributed by atoms with Crippen molar-refractivity contribution in [3.05, 3.63) is 77.2 Å². The highest BCUT2D eigenvalue weighted by molar-refractivity contribution is 6.31. The predicted octanol–water partition coefficient (Wildman–Crippen LogP) is 4.72. The minimum atomic E-state index is 0.0616. The summed E-state index contributed by atoms with van der Waals surface area (Å²) in [5, 5.41) is 1.49. The summed E-state index contributed by atoms with van der Waals surface area (Å²) in [5.41, 5.74) is 4.37. The summed E-state index contributed by atoms with van der Waals surface area (Å²) in [5.74, 6) is 0.899. The van der Waals surface area contributed by atoms with Crippen molar-refractivity contribution >= 4 is 28.4 Å². The maximum Gasteiger partial charge on any atom is 0.225 e. The van der Waals surface area contributed by atoms with Crippen LogP contribution < -0.4 is 4.74 Å². The first-order valence-electron chi connectivity index (χ1n) is 10.9. The minimum absolute atomic E-state index is 0.0616. The smallest absolute Gasteiger partial charge is 0.225 e. The van der Waals surface area contributed by atoms with Gasteiger partial charge in [0.15, 0.2) is 0 Å². The molecule has 1 aliphatic rings. The van der Waals surface area contributed by atoms with E-state index in [9.17, 15) is 4.79 Å². The molecule has 1 saturated heterocycles. The average Bonchev–Trinajstić information content (AvgIpc) is 3.45. The number of likely N-dealkylation sites (tertiary alicyclic amines) is 1. The van der Waals surface area contributed by atoms with Crippen molar-refractivity contribution in [2.24, 2.45) is 5.92 Å². The Morgan fingerprint density at radius 1 is 1.24 bits per heavy atom. The van der Waals surface area contributed by atoms with Gasteiger partial charge in [0, 0.05) is 60.4 Å². The Kier molecular flexibility index (Phi) is 5.72. The van der Waals surface area contributed by atoms with E-state index < -0.39 is 0 Å². The molecule has 8 heteroatoms. The van der Waals surface area contributed by atoms with Crippen molar-refractivity contribution in [1.82, 2.24) is 24.4 Å². The number of aromatic nitrogens is 4. The van der Waals surface area contributed by atoms with Gasteiger partial charge in [-0.15, -0.1) is 0 Å². The van der Waals surface area contributed by atoms with Crippen molar-refractivity contribution < 1.29 is 9.53 Å². The van der Waals surface area contributed by atoms with E-state index in [0.717, 1.165) is 46.4 Å². The first kappa shape index (κ1) is 21.4. The van der Waals surface area contributed by atoms with Crippen LogP contribution in [0.1, 0.15) is 30.2 Å². The Balaban J connectivity index is 1.46. The van der Waals surface area contributed by atoms with Crippen molar-refractivity contribution in [3.8, 4) is 11.4 Å². The number of amides is 1. The van der Waals surface area contributed by atoms with Gasteiger partial charge in [-0.2, -0.15) is 0 Å². The van der Waals surface area contributed by atoms with Gasteiger partial charge < -0.3 is 14.2 Å². The fourth-order valence-electron chi connectivity index (χ4n) is 4.27. The SMILES string of the molecule is Cc1cc(-n2ccnc2)c2cccc(OCc3c(Cl)cncc3CN3CCC(C)C3=O)c2n1. The van der Waals surface area contributed by atoms with E-state index in [0.29, 0.717) is 17.3 Å². The van der Waals surface area contributed by atoms with Crippen molar-refractivity contribution in [3.63, 3.8) is 0 Å². The molecule has 0 radical (unpaired) electrons. The first-order valence-corrected chi connectivity index (χ1v) is 11.3. The molecule has 1 fully saturated rings. The number of pyridine rings is 2. The Bertz CT molecular complexity index is 1320. The summed E-state index contributed by atoms with van der Waals surface area (Å²) in [4.78, 5) is 27.4. The summed E-state index contributed by atoms with van der Waals surface area (Å²) < 4.78 is 8.23. The van der Waals surface area contributed by atoms with Crippen LogP contribution in [0.2, 0.25) is 5.02 Å². The normalized spacial score (nSPS) is 16.0. The third-order valence-corrected chi connectivity index (χ3v) is 6.41. The van der Waals surface area contributed by atoms with Gasteiger partial charge in [0.25, 0.3) is 0 Å². The van der Waals surface area contributed by atoms with Gasteiger partial charge in [0.05, 0.1) is 17.0 Å². The molecule has 1 amide bonds. The monoisotopic (exact) mass is 461 g/mol. The number of para-hydroxylation sites is 1. The van der Waals surface area contributed by atoms with Crippen LogP contribution in [0.25, 0.3) is 16.6 Å². The average molecular weight is 462 g/mol. The van der Waals surface area contributed by atoms with Crippen LogP contribution in [0.4, 0.5) is 0 Å². The zero-order valence-electron chi connectivity index (χ0n) is 18.5. The Morgan fingerprint density at radius 3 is 2.88 bits per heavy atom. The molecule has 1 aromatic carbocycles. The highest BCUT2D eigenvalue weighted by atomic mass is 35.5. The molecule has 1 unspecified atom stereocenters. The lowest BCUT2D eigenvalue weighted by atomic mass is 10.1. The molecule has 0 bridgehead atoms. The molecule has 0 N–H and O–H groups in total. The second-order valence-corrected chi connectivity index (χ2v) is 8.81. The molecule has 1 atom stereocenters. The third kappa shape index (κ3) is 4.16. The summed E-state index contributed by atoms with van der Waals surface area (Å²) in [7, 11) is 0. The van der Waals surface area contributed by atoms with E-state index in [1.165, 1.54) is 0 Å². The molecular weight excluding hydrogens is 438 g/mol. The number of aryl methyl sites for hydroxylation is 1. The van der Waals surface area contributed by atoms with Crippen LogP contribution in [-0.2, 0) is 17.9 Å². The van der Waals surface area contributed by atoms with Crippen molar-refractivity contribution in [1.29, 1.82) is 0 Å². The molecule has 5 rings (SSSR count). The molecule has 1 aliphatic heterocycles. The molecule has 168 valence electrons. The maximum atomic E-state index is 12.4. The second-order valence-electron chi connectivity index (χ2n) is 8.40. The Morgan fingerprint density at radius 2 is 2.12 bits per heavy atom. The van der Waals surface area contributed by atoms with E-state index in [4.69, 9.17) is 21.3 Å². The molecule has 3 aromatic heterocycles.